The van der Waals surface area contributed by atoms with Crippen molar-refractivity contribution in [3.63, 3.8) is 0 Å². The number of hydrogen-bond acceptors (Lipinski definition) is 4. The van der Waals surface area contributed by atoms with Crippen LogP contribution in [0.15, 0.2) is 89.8 Å². The molecule has 0 aromatic heterocycles. The normalized spacial score (nSPS) is 12.3. The summed E-state index contributed by atoms with van der Waals surface area (Å²) >= 11 is 5.90. The molecule has 144 valence electrons. The molecule has 0 spiro atoms. The Bertz CT molecular complexity index is 1020. The summed E-state index contributed by atoms with van der Waals surface area (Å²) in [7, 11) is -3.96. The number of hydrogen-bond donors (Lipinski definition) is 2. The molecule has 0 unspecified atom stereocenters. The fraction of sp³-hybridized carbons (Fsp3) is 0.0952. The van der Waals surface area contributed by atoms with E-state index in [2.05, 4.69) is 10.0 Å². The van der Waals surface area contributed by atoms with E-state index in [4.69, 9.17) is 11.6 Å². The summed E-state index contributed by atoms with van der Waals surface area (Å²) in [5.74, 6) is -0.649. The van der Waals surface area contributed by atoms with Crippen molar-refractivity contribution in [3.05, 3.63) is 101 Å². The Morgan fingerprint density at radius 3 is 2.04 bits per heavy atom. The van der Waals surface area contributed by atoms with E-state index < -0.39 is 22.0 Å². The monoisotopic (exact) mass is 414 g/mol. The number of carbonyl (C=O) groups excluding carboxylic acids is 1. The molecule has 3 rings (SSSR count). The summed E-state index contributed by atoms with van der Waals surface area (Å²) in [6, 6.07) is 23.1. The van der Waals surface area contributed by atoms with Gasteiger partial charge in [-0.1, -0.05) is 72.3 Å². The summed E-state index contributed by atoms with van der Waals surface area (Å²) in [6.07, 6.45) is 0. The molecule has 5 nitrogen and oxygen atoms in total. The van der Waals surface area contributed by atoms with Gasteiger partial charge in [-0.3, -0.25) is 10.1 Å². The van der Waals surface area contributed by atoms with Crippen LogP contribution in [0.4, 0.5) is 0 Å². The lowest BCUT2D eigenvalue weighted by molar-refractivity contribution is -0.121. The Morgan fingerprint density at radius 1 is 0.857 bits per heavy atom. The maximum atomic E-state index is 12.8. The number of sulfonamides is 1. The smallest absolute Gasteiger partial charge is 0.264 e. The summed E-state index contributed by atoms with van der Waals surface area (Å²) in [5, 5.41) is 3.75. The topological polar surface area (TPSA) is 75.3 Å². The fourth-order valence-electron chi connectivity index (χ4n) is 2.68. The second-order valence-corrected chi connectivity index (χ2v) is 8.25. The second-order valence-electron chi connectivity index (χ2n) is 6.13. The van der Waals surface area contributed by atoms with E-state index in [9.17, 15) is 13.2 Å². The maximum absolute atomic E-state index is 12.8. The van der Waals surface area contributed by atoms with Gasteiger partial charge in [0.1, 0.15) is 6.04 Å². The highest BCUT2D eigenvalue weighted by Crippen LogP contribution is 2.17. The molecular formula is C21H19ClN2O3S. The molecule has 3 aromatic rings. The lowest BCUT2D eigenvalue weighted by atomic mass is 10.1. The van der Waals surface area contributed by atoms with Crippen molar-refractivity contribution >= 4 is 27.5 Å². The molecule has 0 fully saturated rings. The molecule has 1 amide bonds. The third kappa shape index (κ3) is 5.19. The number of rotatable bonds is 7. The van der Waals surface area contributed by atoms with Gasteiger partial charge in [0.15, 0.2) is 0 Å². The third-order valence-electron chi connectivity index (χ3n) is 4.11. The molecule has 0 aliphatic rings. The number of benzene rings is 3. The first-order chi connectivity index (χ1) is 13.5. The third-order valence-corrected chi connectivity index (χ3v) is 5.72. The standard InChI is InChI=1S/C21H19ClN2O3S/c22-18-13-11-16(12-14-18)15-23-20(17-7-3-1-4-8-17)21(25)24-28(26,27)19-9-5-2-6-10-19/h1-14,20,23H,15H2,(H,24,25)/t20-/m0/s1. The highest BCUT2D eigenvalue weighted by molar-refractivity contribution is 7.90. The van der Waals surface area contributed by atoms with Crippen molar-refractivity contribution in [2.24, 2.45) is 0 Å². The van der Waals surface area contributed by atoms with Crippen LogP contribution in [-0.2, 0) is 21.4 Å². The predicted octanol–water partition coefficient (Wildman–Crippen LogP) is 3.68. The van der Waals surface area contributed by atoms with Gasteiger partial charge in [-0.15, -0.1) is 0 Å². The van der Waals surface area contributed by atoms with Crippen LogP contribution in [0.25, 0.3) is 0 Å². The van der Waals surface area contributed by atoms with Gasteiger partial charge in [0.05, 0.1) is 4.90 Å². The average molecular weight is 415 g/mol. The zero-order valence-electron chi connectivity index (χ0n) is 14.9. The minimum Gasteiger partial charge on any atom is -0.298 e. The van der Waals surface area contributed by atoms with Crippen molar-refractivity contribution in [1.29, 1.82) is 0 Å². The highest BCUT2D eigenvalue weighted by atomic mass is 35.5. The number of nitrogens with one attached hydrogen (secondary N) is 2. The Morgan fingerprint density at radius 2 is 1.43 bits per heavy atom. The van der Waals surface area contributed by atoms with Gasteiger partial charge in [0, 0.05) is 11.6 Å². The molecule has 0 radical (unpaired) electrons. The number of carbonyl (C=O) groups is 1. The van der Waals surface area contributed by atoms with Gasteiger partial charge in [0.2, 0.25) is 0 Å². The van der Waals surface area contributed by atoms with E-state index in [1.807, 2.05) is 18.2 Å². The quantitative estimate of drug-likeness (QED) is 0.618. The minimum atomic E-state index is -3.96. The SMILES string of the molecule is O=C(NS(=O)(=O)c1ccccc1)[C@@H](NCc1ccc(Cl)cc1)c1ccccc1. The largest absolute Gasteiger partial charge is 0.298 e. The van der Waals surface area contributed by atoms with Crippen molar-refractivity contribution in [2.75, 3.05) is 0 Å². The van der Waals surface area contributed by atoms with Gasteiger partial charge in [-0.05, 0) is 35.4 Å². The van der Waals surface area contributed by atoms with Crippen molar-refractivity contribution in [1.82, 2.24) is 10.0 Å². The molecular weight excluding hydrogens is 396 g/mol. The van der Waals surface area contributed by atoms with E-state index >= 15 is 0 Å². The molecule has 3 aromatic carbocycles. The van der Waals surface area contributed by atoms with Crippen molar-refractivity contribution in [2.45, 2.75) is 17.5 Å². The summed E-state index contributed by atoms with van der Waals surface area (Å²) < 4.78 is 27.2. The summed E-state index contributed by atoms with van der Waals surface area (Å²) in [6.45, 7) is 0.371. The van der Waals surface area contributed by atoms with E-state index in [1.165, 1.54) is 12.1 Å². The summed E-state index contributed by atoms with van der Waals surface area (Å²) in [5.41, 5.74) is 1.58. The first kappa shape index (κ1) is 20.1. The fourth-order valence-corrected chi connectivity index (χ4v) is 3.82. The first-order valence-corrected chi connectivity index (χ1v) is 10.5. The molecule has 0 aliphatic carbocycles. The van der Waals surface area contributed by atoms with Gasteiger partial charge in [-0.2, -0.15) is 0 Å². The molecule has 0 bridgehead atoms. The van der Waals surface area contributed by atoms with Crippen molar-refractivity contribution in [3.8, 4) is 0 Å². The van der Waals surface area contributed by atoms with Gasteiger partial charge < -0.3 is 0 Å². The number of halogens is 1. The van der Waals surface area contributed by atoms with Crippen LogP contribution < -0.4 is 10.0 Å². The highest BCUT2D eigenvalue weighted by Gasteiger charge is 2.25. The molecule has 1 atom stereocenters. The van der Waals surface area contributed by atoms with E-state index in [0.717, 1.165) is 5.56 Å². The van der Waals surface area contributed by atoms with Crippen LogP contribution in [-0.4, -0.2) is 14.3 Å². The van der Waals surface area contributed by atoms with Crippen LogP contribution >= 0.6 is 11.6 Å². The van der Waals surface area contributed by atoms with Crippen LogP contribution in [0.2, 0.25) is 5.02 Å². The zero-order valence-corrected chi connectivity index (χ0v) is 16.5. The molecule has 7 heteroatoms. The predicted molar refractivity (Wildman–Crippen MR) is 109 cm³/mol. The molecule has 0 aliphatic heterocycles. The van der Waals surface area contributed by atoms with Crippen LogP contribution in [0.3, 0.4) is 0 Å². The minimum absolute atomic E-state index is 0.0351. The van der Waals surface area contributed by atoms with Crippen LogP contribution in [0, 0.1) is 0 Å². The molecule has 2 N–H and O–H groups in total. The molecule has 0 saturated carbocycles. The van der Waals surface area contributed by atoms with E-state index in [-0.39, 0.29) is 4.90 Å². The van der Waals surface area contributed by atoms with Crippen molar-refractivity contribution < 1.29 is 13.2 Å². The summed E-state index contributed by atoms with van der Waals surface area (Å²) in [4.78, 5) is 12.9. The lowest BCUT2D eigenvalue weighted by Crippen LogP contribution is -2.40. The van der Waals surface area contributed by atoms with Crippen LogP contribution in [0.5, 0.6) is 0 Å². The van der Waals surface area contributed by atoms with Gasteiger partial charge in [0.25, 0.3) is 15.9 Å². The van der Waals surface area contributed by atoms with Gasteiger partial charge >= 0.3 is 0 Å². The van der Waals surface area contributed by atoms with Gasteiger partial charge in [-0.25, -0.2) is 13.1 Å². The Kier molecular flexibility index (Phi) is 6.46. The van der Waals surface area contributed by atoms with E-state index in [1.54, 1.807) is 54.6 Å². The molecule has 28 heavy (non-hydrogen) atoms. The van der Waals surface area contributed by atoms with Crippen LogP contribution in [0.1, 0.15) is 17.2 Å². The first-order valence-electron chi connectivity index (χ1n) is 8.60. The maximum Gasteiger partial charge on any atom is 0.264 e. The lowest BCUT2D eigenvalue weighted by Gasteiger charge is -2.19. The molecule has 0 heterocycles. The Balaban J connectivity index is 1.80. The molecule has 0 saturated heterocycles. The second kappa shape index (κ2) is 9.01. The zero-order chi connectivity index (χ0) is 20.0. The number of amides is 1. The Labute approximate surface area is 169 Å². The average Bonchev–Trinajstić information content (AvgIpc) is 2.71. The Hall–Kier alpha value is -2.67. The van der Waals surface area contributed by atoms with E-state index in [0.29, 0.717) is 17.1 Å².